The van der Waals surface area contributed by atoms with E-state index in [-0.39, 0.29) is 16.9 Å². The molecule has 1 unspecified atom stereocenters. The number of nitrogens with one attached hydrogen (secondary N) is 1. The maximum absolute atomic E-state index is 11.9. The fourth-order valence-electron chi connectivity index (χ4n) is 1.46. The quantitative estimate of drug-likeness (QED) is 0.840. The molecule has 0 radical (unpaired) electrons. The summed E-state index contributed by atoms with van der Waals surface area (Å²) in [5.41, 5.74) is 0.955. The van der Waals surface area contributed by atoms with E-state index >= 15 is 0 Å². The van der Waals surface area contributed by atoms with Crippen molar-refractivity contribution < 1.29 is 17.9 Å². The second kappa shape index (κ2) is 6.36. The number of ether oxygens (including phenoxy) is 1. The van der Waals surface area contributed by atoms with E-state index < -0.39 is 9.05 Å². The molecule has 0 fully saturated rings. The van der Waals surface area contributed by atoms with Crippen LogP contribution in [0.4, 0.5) is 0 Å². The Kier molecular flexibility index (Phi) is 5.34. The van der Waals surface area contributed by atoms with Gasteiger partial charge in [0.2, 0.25) is 0 Å². The van der Waals surface area contributed by atoms with Gasteiger partial charge in [0.05, 0.1) is 11.0 Å². The summed E-state index contributed by atoms with van der Waals surface area (Å²) in [5.74, 6) is -0.278. The molecule has 0 saturated carbocycles. The molecule has 0 bridgehead atoms. The molecule has 1 atom stereocenters. The normalized spacial score (nSPS) is 13.1. The summed E-state index contributed by atoms with van der Waals surface area (Å²) in [6.07, 6.45) is -0.0910. The largest absolute Gasteiger partial charge is 0.380 e. The molecule has 5 nitrogen and oxygen atoms in total. The number of aryl methyl sites for hydroxylation is 1. The Hall–Kier alpha value is -1.11. The van der Waals surface area contributed by atoms with Crippen LogP contribution in [0.5, 0.6) is 0 Å². The standard InChI is InChI=1S/C12H16ClNO4S/c1-8-6-10(19(13,16)17)4-5-11(8)12(15)14-7-9(2)18-3/h4-6,9H,7H2,1-3H3,(H,14,15). The van der Waals surface area contributed by atoms with E-state index in [4.69, 9.17) is 15.4 Å². The molecule has 0 aliphatic carbocycles. The monoisotopic (exact) mass is 305 g/mol. The summed E-state index contributed by atoms with van der Waals surface area (Å²) < 4.78 is 27.4. The maximum atomic E-state index is 11.9. The molecule has 0 aliphatic rings. The summed E-state index contributed by atoms with van der Waals surface area (Å²) in [6, 6.07) is 4.12. The van der Waals surface area contributed by atoms with Crippen LogP contribution in [0.2, 0.25) is 0 Å². The molecule has 0 saturated heterocycles. The van der Waals surface area contributed by atoms with Gasteiger partial charge in [0.1, 0.15) is 0 Å². The van der Waals surface area contributed by atoms with Gasteiger partial charge >= 0.3 is 0 Å². The van der Waals surface area contributed by atoms with Gasteiger partial charge in [-0.1, -0.05) is 0 Å². The third-order valence-corrected chi connectivity index (χ3v) is 4.03. The first-order chi connectivity index (χ1) is 8.75. The molecular formula is C12H16ClNO4S. The molecule has 1 aromatic carbocycles. The Morgan fingerprint density at radius 3 is 2.58 bits per heavy atom. The van der Waals surface area contributed by atoms with Gasteiger partial charge in [0.25, 0.3) is 15.0 Å². The number of rotatable bonds is 5. The molecule has 7 heteroatoms. The minimum absolute atomic E-state index is 0.0199. The van der Waals surface area contributed by atoms with Crippen LogP contribution < -0.4 is 5.32 Å². The zero-order valence-corrected chi connectivity index (χ0v) is 12.5. The molecule has 0 heterocycles. The summed E-state index contributed by atoms with van der Waals surface area (Å²) in [5, 5.41) is 2.70. The Bertz CT molecular complexity index is 571. The lowest BCUT2D eigenvalue weighted by atomic mass is 10.1. The average molecular weight is 306 g/mol. The fourth-order valence-corrected chi connectivity index (χ4v) is 2.29. The minimum atomic E-state index is -3.78. The molecule has 0 aliphatic heterocycles. The molecule has 19 heavy (non-hydrogen) atoms. The van der Waals surface area contributed by atoms with Crippen molar-refractivity contribution in [3.05, 3.63) is 29.3 Å². The lowest BCUT2D eigenvalue weighted by Crippen LogP contribution is -2.31. The van der Waals surface area contributed by atoms with Crippen LogP contribution in [0.15, 0.2) is 23.1 Å². The van der Waals surface area contributed by atoms with E-state index in [0.717, 1.165) is 0 Å². The number of carbonyl (C=O) groups excluding carboxylic acids is 1. The summed E-state index contributed by atoms with van der Waals surface area (Å²) in [6.45, 7) is 3.86. The molecule has 1 rings (SSSR count). The molecule has 1 aromatic rings. The van der Waals surface area contributed by atoms with Crippen molar-refractivity contribution in [3.63, 3.8) is 0 Å². The van der Waals surface area contributed by atoms with E-state index in [9.17, 15) is 13.2 Å². The van der Waals surface area contributed by atoms with Gasteiger partial charge in [-0.3, -0.25) is 4.79 Å². The Labute approximate surface area is 117 Å². The summed E-state index contributed by atoms with van der Waals surface area (Å²) in [4.78, 5) is 11.9. The van der Waals surface area contributed by atoms with Crippen molar-refractivity contribution >= 4 is 25.6 Å². The minimum Gasteiger partial charge on any atom is -0.380 e. The number of amides is 1. The number of methoxy groups -OCH3 is 1. The highest BCUT2D eigenvalue weighted by Crippen LogP contribution is 2.18. The lowest BCUT2D eigenvalue weighted by molar-refractivity contribution is 0.0870. The van der Waals surface area contributed by atoms with Crippen LogP contribution in [0.25, 0.3) is 0 Å². The second-order valence-corrected chi connectivity index (χ2v) is 6.74. The Morgan fingerprint density at radius 2 is 2.11 bits per heavy atom. The molecule has 1 N–H and O–H groups in total. The summed E-state index contributed by atoms with van der Waals surface area (Å²) >= 11 is 0. The van der Waals surface area contributed by atoms with E-state index in [2.05, 4.69) is 5.32 Å². The molecule has 0 spiro atoms. The zero-order valence-electron chi connectivity index (χ0n) is 10.9. The van der Waals surface area contributed by atoms with Crippen molar-refractivity contribution in [2.45, 2.75) is 24.8 Å². The van der Waals surface area contributed by atoms with Gasteiger partial charge in [-0.25, -0.2) is 8.42 Å². The predicted molar refractivity (Wildman–Crippen MR) is 73.0 cm³/mol. The highest BCUT2D eigenvalue weighted by atomic mass is 35.7. The van der Waals surface area contributed by atoms with Crippen LogP contribution >= 0.6 is 10.7 Å². The first kappa shape index (κ1) is 15.9. The topological polar surface area (TPSA) is 72.5 Å². The number of benzene rings is 1. The fraction of sp³-hybridized carbons (Fsp3) is 0.417. The maximum Gasteiger partial charge on any atom is 0.261 e. The van der Waals surface area contributed by atoms with Crippen LogP contribution in [0.3, 0.4) is 0 Å². The smallest absolute Gasteiger partial charge is 0.261 e. The van der Waals surface area contributed by atoms with E-state index in [0.29, 0.717) is 17.7 Å². The molecular weight excluding hydrogens is 290 g/mol. The van der Waals surface area contributed by atoms with Crippen molar-refractivity contribution in [1.29, 1.82) is 0 Å². The van der Waals surface area contributed by atoms with Gasteiger partial charge in [0.15, 0.2) is 0 Å². The number of halogens is 1. The van der Waals surface area contributed by atoms with Gasteiger partial charge in [-0.05, 0) is 37.6 Å². The van der Waals surface area contributed by atoms with Crippen molar-refractivity contribution in [2.75, 3.05) is 13.7 Å². The first-order valence-corrected chi connectivity index (χ1v) is 7.93. The summed E-state index contributed by atoms with van der Waals surface area (Å²) in [7, 11) is 3.02. The second-order valence-electron chi connectivity index (χ2n) is 4.17. The van der Waals surface area contributed by atoms with Crippen molar-refractivity contribution in [1.82, 2.24) is 5.32 Å². The number of carbonyl (C=O) groups is 1. The predicted octanol–water partition coefficient (Wildman–Crippen LogP) is 1.69. The van der Waals surface area contributed by atoms with Crippen LogP contribution in [0, 0.1) is 6.92 Å². The average Bonchev–Trinajstić information content (AvgIpc) is 2.34. The van der Waals surface area contributed by atoms with Gasteiger partial charge in [-0.15, -0.1) is 0 Å². The van der Waals surface area contributed by atoms with E-state index in [1.807, 2.05) is 6.92 Å². The van der Waals surface area contributed by atoms with Crippen molar-refractivity contribution in [2.24, 2.45) is 0 Å². The highest BCUT2D eigenvalue weighted by molar-refractivity contribution is 8.13. The number of hydrogen-bond acceptors (Lipinski definition) is 4. The lowest BCUT2D eigenvalue weighted by Gasteiger charge is -2.12. The molecule has 1 amide bonds. The van der Waals surface area contributed by atoms with E-state index in [1.54, 1.807) is 14.0 Å². The molecule has 0 aromatic heterocycles. The van der Waals surface area contributed by atoms with Crippen LogP contribution in [-0.2, 0) is 13.8 Å². The Balaban J connectivity index is 2.88. The number of hydrogen-bond donors (Lipinski definition) is 1. The van der Waals surface area contributed by atoms with Crippen molar-refractivity contribution in [3.8, 4) is 0 Å². The van der Waals surface area contributed by atoms with Gasteiger partial charge in [-0.2, -0.15) is 0 Å². The van der Waals surface area contributed by atoms with E-state index in [1.165, 1.54) is 18.2 Å². The van der Waals surface area contributed by atoms with Crippen LogP contribution in [0.1, 0.15) is 22.8 Å². The first-order valence-electron chi connectivity index (χ1n) is 5.62. The Morgan fingerprint density at radius 1 is 1.47 bits per heavy atom. The van der Waals surface area contributed by atoms with Gasteiger partial charge < -0.3 is 10.1 Å². The third-order valence-electron chi connectivity index (χ3n) is 2.68. The third kappa shape index (κ3) is 4.49. The SMILES string of the molecule is COC(C)CNC(=O)c1ccc(S(=O)(=O)Cl)cc1C. The molecule has 106 valence electrons. The van der Waals surface area contributed by atoms with Crippen LogP contribution in [-0.4, -0.2) is 34.1 Å². The highest BCUT2D eigenvalue weighted by Gasteiger charge is 2.15. The van der Waals surface area contributed by atoms with Gasteiger partial charge in [0, 0.05) is 29.9 Å². The zero-order chi connectivity index (χ0) is 14.6.